The lowest BCUT2D eigenvalue weighted by atomic mass is 10.1. The maximum atomic E-state index is 12.9. The van der Waals surface area contributed by atoms with Crippen molar-refractivity contribution in [1.82, 2.24) is 0 Å². The van der Waals surface area contributed by atoms with Crippen molar-refractivity contribution in [3.8, 4) is 0 Å². The van der Waals surface area contributed by atoms with Gasteiger partial charge in [-0.15, -0.1) is 23.7 Å². The van der Waals surface area contributed by atoms with Crippen LogP contribution < -0.4 is 5.73 Å². The molecular formula is C7H9Cl2F2NOS. The number of rotatable bonds is 3. The monoisotopic (exact) mass is 263 g/mol. The molecule has 0 aliphatic rings. The summed E-state index contributed by atoms with van der Waals surface area (Å²) in [5.41, 5.74) is 5.24. The first-order chi connectivity index (χ1) is 5.99. The molecule has 0 aliphatic carbocycles. The molecule has 0 amide bonds. The van der Waals surface area contributed by atoms with Gasteiger partial charge in [0, 0.05) is 4.88 Å². The number of hydrogen-bond donors (Lipinski definition) is 2. The SMILES string of the molecule is Cl.N[C@@H](c1sccc1Cl)C(F)(F)CO. The summed E-state index contributed by atoms with van der Waals surface area (Å²) in [4.78, 5) is 0.195. The van der Waals surface area contributed by atoms with E-state index in [0.29, 0.717) is 0 Å². The van der Waals surface area contributed by atoms with Gasteiger partial charge in [0.15, 0.2) is 0 Å². The van der Waals surface area contributed by atoms with Crippen LogP contribution in [0.15, 0.2) is 11.4 Å². The summed E-state index contributed by atoms with van der Waals surface area (Å²) in [6, 6.07) is -0.0421. The van der Waals surface area contributed by atoms with Crippen LogP contribution in [-0.4, -0.2) is 17.6 Å². The normalized spacial score (nSPS) is 13.5. The minimum absolute atomic E-state index is 0. The largest absolute Gasteiger partial charge is 0.390 e. The van der Waals surface area contributed by atoms with Crippen LogP contribution in [0.25, 0.3) is 0 Å². The van der Waals surface area contributed by atoms with Crippen molar-refractivity contribution in [2.24, 2.45) is 5.73 Å². The molecule has 1 heterocycles. The molecule has 1 aromatic rings. The van der Waals surface area contributed by atoms with Crippen LogP contribution in [0.4, 0.5) is 8.78 Å². The van der Waals surface area contributed by atoms with Crippen molar-refractivity contribution in [2.45, 2.75) is 12.0 Å². The molecule has 0 radical (unpaired) electrons. The Morgan fingerprint density at radius 2 is 2.21 bits per heavy atom. The fourth-order valence-corrected chi connectivity index (χ4v) is 2.06. The Morgan fingerprint density at radius 1 is 1.64 bits per heavy atom. The molecule has 0 saturated carbocycles. The highest BCUT2D eigenvalue weighted by Crippen LogP contribution is 2.35. The number of halogens is 4. The summed E-state index contributed by atoms with van der Waals surface area (Å²) in [5, 5.41) is 10.2. The van der Waals surface area contributed by atoms with Gasteiger partial charge in [0.25, 0.3) is 5.92 Å². The standard InChI is InChI=1S/C7H8ClF2NOS.ClH/c8-4-1-2-13-5(4)6(11)7(9,10)3-12;/h1-2,6,12H,3,11H2;1H/t6-;/m0./s1. The highest BCUT2D eigenvalue weighted by atomic mass is 35.5. The van der Waals surface area contributed by atoms with Crippen molar-refractivity contribution in [1.29, 1.82) is 0 Å². The molecule has 2 nitrogen and oxygen atoms in total. The molecule has 0 saturated heterocycles. The van der Waals surface area contributed by atoms with E-state index in [1.807, 2.05) is 0 Å². The molecule has 0 fully saturated rings. The molecule has 0 unspecified atom stereocenters. The summed E-state index contributed by atoms with van der Waals surface area (Å²) in [5.74, 6) is -3.32. The van der Waals surface area contributed by atoms with Gasteiger partial charge in [-0.1, -0.05) is 11.6 Å². The molecule has 14 heavy (non-hydrogen) atoms. The Kier molecular flexibility index (Phi) is 5.25. The number of aliphatic hydroxyl groups excluding tert-OH is 1. The van der Waals surface area contributed by atoms with Crippen LogP contribution in [-0.2, 0) is 0 Å². The average molecular weight is 264 g/mol. The lowest BCUT2D eigenvalue weighted by molar-refractivity contribution is -0.0703. The van der Waals surface area contributed by atoms with Crippen molar-refractivity contribution < 1.29 is 13.9 Å². The van der Waals surface area contributed by atoms with Gasteiger partial charge in [-0.05, 0) is 11.4 Å². The second-order valence-corrected chi connectivity index (χ2v) is 3.88. The van der Waals surface area contributed by atoms with Gasteiger partial charge < -0.3 is 10.8 Å². The first kappa shape index (κ1) is 14.1. The van der Waals surface area contributed by atoms with Crippen LogP contribution in [0.5, 0.6) is 0 Å². The minimum Gasteiger partial charge on any atom is -0.390 e. The molecule has 1 atom stereocenters. The summed E-state index contributed by atoms with van der Waals surface area (Å²) in [6.45, 7) is -1.28. The van der Waals surface area contributed by atoms with E-state index in [0.717, 1.165) is 11.3 Å². The number of alkyl halides is 2. The molecule has 0 spiro atoms. The zero-order chi connectivity index (χ0) is 10.1. The van der Waals surface area contributed by atoms with Gasteiger partial charge in [-0.2, -0.15) is 0 Å². The van der Waals surface area contributed by atoms with Crippen LogP contribution in [0.2, 0.25) is 5.02 Å². The van der Waals surface area contributed by atoms with E-state index < -0.39 is 18.6 Å². The van der Waals surface area contributed by atoms with Gasteiger partial charge in [0.1, 0.15) is 12.6 Å². The lowest BCUT2D eigenvalue weighted by Crippen LogP contribution is -2.35. The van der Waals surface area contributed by atoms with Crippen molar-refractivity contribution in [3.05, 3.63) is 21.3 Å². The first-order valence-corrected chi connectivity index (χ1v) is 4.72. The molecule has 0 aliphatic heterocycles. The number of hydrogen-bond acceptors (Lipinski definition) is 3. The molecule has 7 heteroatoms. The number of thiophene rings is 1. The van der Waals surface area contributed by atoms with Gasteiger partial charge in [0.2, 0.25) is 0 Å². The van der Waals surface area contributed by atoms with E-state index in [4.69, 9.17) is 22.4 Å². The molecule has 0 bridgehead atoms. The van der Waals surface area contributed by atoms with Crippen molar-refractivity contribution >= 4 is 35.3 Å². The summed E-state index contributed by atoms with van der Waals surface area (Å²) in [7, 11) is 0. The van der Waals surface area contributed by atoms with Crippen LogP contribution in [0, 0.1) is 0 Å². The van der Waals surface area contributed by atoms with Crippen molar-refractivity contribution in [2.75, 3.05) is 6.61 Å². The highest BCUT2D eigenvalue weighted by molar-refractivity contribution is 7.10. The number of aliphatic hydroxyl groups is 1. The minimum atomic E-state index is -3.32. The van der Waals surface area contributed by atoms with E-state index in [9.17, 15) is 8.78 Å². The van der Waals surface area contributed by atoms with Crippen LogP contribution in [0.3, 0.4) is 0 Å². The highest BCUT2D eigenvalue weighted by Gasteiger charge is 2.38. The van der Waals surface area contributed by atoms with Gasteiger partial charge >= 0.3 is 0 Å². The zero-order valence-electron chi connectivity index (χ0n) is 6.91. The predicted molar refractivity (Wildman–Crippen MR) is 55.5 cm³/mol. The zero-order valence-corrected chi connectivity index (χ0v) is 9.30. The van der Waals surface area contributed by atoms with Gasteiger partial charge in [-0.3, -0.25) is 0 Å². The second kappa shape index (κ2) is 5.23. The maximum absolute atomic E-state index is 12.9. The first-order valence-electron chi connectivity index (χ1n) is 3.46. The Bertz CT molecular complexity index is 295. The Morgan fingerprint density at radius 3 is 2.57 bits per heavy atom. The Balaban J connectivity index is 0.00000169. The quantitative estimate of drug-likeness (QED) is 0.880. The Hall–Kier alpha value is 0.0600. The fourth-order valence-electron chi connectivity index (χ4n) is 0.817. The predicted octanol–water partition coefficient (Wildman–Crippen LogP) is 2.45. The second-order valence-electron chi connectivity index (χ2n) is 2.53. The van der Waals surface area contributed by atoms with E-state index in [1.54, 1.807) is 5.38 Å². The third-order valence-corrected chi connectivity index (χ3v) is 3.03. The maximum Gasteiger partial charge on any atom is 0.290 e. The fraction of sp³-hybridized carbons (Fsp3) is 0.429. The molecular weight excluding hydrogens is 255 g/mol. The molecule has 1 aromatic heterocycles. The summed E-state index contributed by atoms with van der Waals surface area (Å²) >= 11 is 6.66. The molecule has 0 aromatic carbocycles. The molecule has 1 rings (SSSR count). The summed E-state index contributed by atoms with van der Waals surface area (Å²) in [6.07, 6.45) is 0. The van der Waals surface area contributed by atoms with E-state index >= 15 is 0 Å². The topological polar surface area (TPSA) is 46.2 Å². The lowest BCUT2D eigenvalue weighted by Gasteiger charge is -2.20. The van der Waals surface area contributed by atoms with Gasteiger partial charge in [0.05, 0.1) is 5.02 Å². The van der Waals surface area contributed by atoms with E-state index in [1.165, 1.54) is 6.07 Å². The third-order valence-electron chi connectivity index (χ3n) is 1.59. The van der Waals surface area contributed by atoms with Gasteiger partial charge in [-0.25, -0.2) is 8.78 Å². The van der Waals surface area contributed by atoms with E-state index in [2.05, 4.69) is 0 Å². The van der Waals surface area contributed by atoms with Crippen LogP contribution >= 0.6 is 35.3 Å². The van der Waals surface area contributed by atoms with Crippen LogP contribution in [0.1, 0.15) is 10.9 Å². The van der Waals surface area contributed by atoms with E-state index in [-0.39, 0.29) is 22.3 Å². The molecule has 3 N–H and O–H groups in total. The van der Waals surface area contributed by atoms with Crippen molar-refractivity contribution in [3.63, 3.8) is 0 Å². The summed E-state index contributed by atoms with van der Waals surface area (Å²) < 4.78 is 25.7. The number of nitrogens with two attached hydrogens (primary N) is 1. The molecule has 82 valence electrons. The smallest absolute Gasteiger partial charge is 0.290 e. The Labute approximate surface area is 95.1 Å². The third kappa shape index (κ3) is 2.77. The average Bonchev–Trinajstić information content (AvgIpc) is 2.50.